The Hall–Kier alpha value is -2.15. The number of nitrogens with one attached hydrogen (secondary N) is 1. The average Bonchev–Trinajstić information content (AvgIpc) is 2.58. The molecule has 1 fully saturated rings. The molecule has 1 heterocycles. The summed E-state index contributed by atoms with van der Waals surface area (Å²) in [7, 11) is 1.36. The monoisotopic (exact) mass is 321 g/mol. The molecule has 0 bridgehead atoms. The van der Waals surface area contributed by atoms with Crippen LogP contribution in [0.15, 0.2) is 18.2 Å². The summed E-state index contributed by atoms with van der Waals surface area (Å²) in [6, 6.07) is 4.23. The number of likely N-dealkylation sites (tertiary alicyclic amines) is 1. The SMILES string of the molecule is COc1ccc(C(=O)NCCCN2CCCCC2)cc1[N+](=O)[O-]. The second-order valence-corrected chi connectivity index (χ2v) is 5.66. The third-order valence-corrected chi connectivity index (χ3v) is 4.02. The van der Waals surface area contributed by atoms with Gasteiger partial charge in [-0.1, -0.05) is 6.42 Å². The van der Waals surface area contributed by atoms with Gasteiger partial charge in [-0.25, -0.2) is 0 Å². The highest BCUT2D eigenvalue weighted by Gasteiger charge is 2.18. The van der Waals surface area contributed by atoms with Gasteiger partial charge < -0.3 is 15.0 Å². The van der Waals surface area contributed by atoms with Gasteiger partial charge in [0.1, 0.15) is 0 Å². The minimum atomic E-state index is -0.550. The van der Waals surface area contributed by atoms with Gasteiger partial charge in [0.15, 0.2) is 5.75 Å². The second kappa shape index (κ2) is 8.47. The Labute approximate surface area is 135 Å². The van der Waals surface area contributed by atoms with Crippen molar-refractivity contribution in [3.8, 4) is 5.75 Å². The topological polar surface area (TPSA) is 84.7 Å². The minimum absolute atomic E-state index is 0.150. The van der Waals surface area contributed by atoms with E-state index in [2.05, 4.69) is 10.2 Å². The van der Waals surface area contributed by atoms with E-state index in [-0.39, 0.29) is 22.9 Å². The zero-order valence-corrected chi connectivity index (χ0v) is 13.4. The van der Waals surface area contributed by atoms with E-state index in [0.29, 0.717) is 6.54 Å². The Morgan fingerprint density at radius 1 is 1.35 bits per heavy atom. The van der Waals surface area contributed by atoms with Gasteiger partial charge in [0, 0.05) is 18.2 Å². The van der Waals surface area contributed by atoms with Crippen LogP contribution in [0.1, 0.15) is 36.0 Å². The lowest BCUT2D eigenvalue weighted by atomic mass is 10.1. The van der Waals surface area contributed by atoms with Crippen LogP contribution in [0.5, 0.6) is 5.75 Å². The van der Waals surface area contributed by atoms with Crippen molar-refractivity contribution in [3.05, 3.63) is 33.9 Å². The van der Waals surface area contributed by atoms with E-state index < -0.39 is 4.92 Å². The molecule has 126 valence electrons. The van der Waals surface area contributed by atoms with Crippen LogP contribution in [0.3, 0.4) is 0 Å². The Morgan fingerprint density at radius 3 is 2.74 bits per heavy atom. The van der Waals surface area contributed by atoms with Crippen molar-refractivity contribution in [2.24, 2.45) is 0 Å². The largest absolute Gasteiger partial charge is 0.490 e. The van der Waals surface area contributed by atoms with Crippen LogP contribution in [-0.2, 0) is 0 Å². The number of piperidine rings is 1. The maximum Gasteiger partial charge on any atom is 0.311 e. The molecule has 1 aromatic rings. The number of hydrogen-bond donors (Lipinski definition) is 1. The fourth-order valence-corrected chi connectivity index (χ4v) is 2.76. The molecule has 2 rings (SSSR count). The number of nitro groups is 1. The first-order valence-electron chi connectivity index (χ1n) is 7.95. The molecular weight excluding hydrogens is 298 g/mol. The van der Waals surface area contributed by atoms with Gasteiger partial charge >= 0.3 is 5.69 Å². The second-order valence-electron chi connectivity index (χ2n) is 5.66. The quantitative estimate of drug-likeness (QED) is 0.473. The van der Waals surface area contributed by atoms with Crippen LogP contribution >= 0.6 is 0 Å². The van der Waals surface area contributed by atoms with Crippen LogP contribution in [0.4, 0.5) is 5.69 Å². The number of hydrogen-bond acceptors (Lipinski definition) is 5. The van der Waals surface area contributed by atoms with Crippen LogP contribution in [0.2, 0.25) is 0 Å². The zero-order chi connectivity index (χ0) is 16.7. The van der Waals surface area contributed by atoms with E-state index in [4.69, 9.17) is 4.74 Å². The lowest BCUT2D eigenvalue weighted by Crippen LogP contribution is -2.33. The van der Waals surface area contributed by atoms with Crippen molar-refractivity contribution in [2.45, 2.75) is 25.7 Å². The Balaban J connectivity index is 1.83. The van der Waals surface area contributed by atoms with Gasteiger partial charge in [0.25, 0.3) is 5.91 Å². The number of nitro benzene ring substituents is 1. The molecule has 1 N–H and O–H groups in total. The number of methoxy groups -OCH3 is 1. The van der Waals surface area contributed by atoms with Crippen LogP contribution < -0.4 is 10.1 Å². The molecule has 1 aromatic carbocycles. The number of carbonyl (C=O) groups is 1. The lowest BCUT2D eigenvalue weighted by molar-refractivity contribution is -0.385. The van der Waals surface area contributed by atoms with Crippen molar-refractivity contribution in [1.29, 1.82) is 0 Å². The summed E-state index contributed by atoms with van der Waals surface area (Å²) in [6.07, 6.45) is 4.69. The number of ether oxygens (including phenoxy) is 1. The molecule has 23 heavy (non-hydrogen) atoms. The van der Waals surface area contributed by atoms with E-state index >= 15 is 0 Å². The van der Waals surface area contributed by atoms with Gasteiger partial charge in [-0.05, 0) is 51.0 Å². The Morgan fingerprint density at radius 2 is 2.09 bits per heavy atom. The third kappa shape index (κ3) is 4.92. The van der Waals surface area contributed by atoms with Crippen molar-refractivity contribution >= 4 is 11.6 Å². The summed E-state index contributed by atoms with van der Waals surface area (Å²) >= 11 is 0. The fraction of sp³-hybridized carbons (Fsp3) is 0.562. The highest BCUT2D eigenvalue weighted by Crippen LogP contribution is 2.27. The third-order valence-electron chi connectivity index (χ3n) is 4.02. The maximum absolute atomic E-state index is 12.1. The predicted molar refractivity (Wildman–Crippen MR) is 86.9 cm³/mol. The molecule has 7 nitrogen and oxygen atoms in total. The fourth-order valence-electron chi connectivity index (χ4n) is 2.76. The number of rotatable bonds is 7. The van der Waals surface area contributed by atoms with E-state index in [9.17, 15) is 14.9 Å². The van der Waals surface area contributed by atoms with E-state index in [1.807, 2.05) is 0 Å². The first kappa shape index (κ1) is 17.2. The molecule has 0 saturated carbocycles. The highest BCUT2D eigenvalue weighted by molar-refractivity contribution is 5.95. The van der Waals surface area contributed by atoms with Gasteiger partial charge in [-0.2, -0.15) is 0 Å². The summed E-state index contributed by atoms with van der Waals surface area (Å²) in [5.41, 5.74) is 0.0731. The summed E-state index contributed by atoms with van der Waals surface area (Å²) < 4.78 is 4.93. The molecule has 0 aliphatic carbocycles. The van der Waals surface area contributed by atoms with Crippen LogP contribution in [-0.4, -0.2) is 49.0 Å². The van der Waals surface area contributed by atoms with Crippen LogP contribution in [0, 0.1) is 10.1 Å². The van der Waals surface area contributed by atoms with Gasteiger partial charge in [-0.15, -0.1) is 0 Å². The molecule has 7 heteroatoms. The molecule has 1 aliphatic rings. The molecule has 0 aromatic heterocycles. The first-order valence-corrected chi connectivity index (χ1v) is 7.95. The van der Waals surface area contributed by atoms with Crippen molar-refractivity contribution in [3.63, 3.8) is 0 Å². The predicted octanol–water partition coefficient (Wildman–Crippen LogP) is 2.21. The number of benzene rings is 1. The van der Waals surface area contributed by atoms with Gasteiger partial charge in [0.05, 0.1) is 12.0 Å². The van der Waals surface area contributed by atoms with Crippen molar-refractivity contribution in [1.82, 2.24) is 10.2 Å². The lowest BCUT2D eigenvalue weighted by Gasteiger charge is -2.26. The van der Waals surface area contributed by atoms with Crippen LogP contribution in [0.25, 0.3) is 0 Å². The highest BCUT2D eigenvalue weighted by atomic mass is 16.6. The molecular formula is C16H23N3O4. The maximum atomic E-state index is 12.1. The van der Waals surface area contributed by atoms with Gasteiger partial charge in [-0.3, -0.25) is 14.9 Å². The summed E-state index contributed by atoms with van der Waals surface area (Å²) in [4.78, 5) is 24.9. The molecule has 0 spiro atoms. The molecule has 0 unspecified atom stereocenters. The Bertz CT molecular complexity index is 556. The summed E-state index contributed by atoms with van der Waals surface area (Å²) in [5, 5.41) is 13.8. The minimum Gasteiger partial charge on any atom is -0.490 e. The standard InChI is InChI=1S/C16H23N3O4/c1-23-15-7-6-13(12-14(15)19(21)22)16(20)17-8-5-11-18-9-3-2-4-10-18/h6-7,12H,2-5,8-11H2,1H3,(H,17,20). The zero-order valence-electron chi connectivity index (χ0n) is 13.4. The number of nitrogens with zero attached hydrogens (tertiary/aromatic N) is 2. The first-order chi connectivity index (χ1) is 11.1. The van der Waals surface area contributed by atoms with E-state index in [1.165, 1.54) is 44.6 Å². The number of amides is 1. The Kier molecular flexibility index (Phi) is 6.34. The van der Waals surface area contributed by atoms with E-state index in [0.717, 1.165) is 26.1 Å². The summed E-state index contributed by atoms with van der Waals surface area (Å²) in [6.45, 7) is 3.81. The molecule has 1 saturated heterocycles. The van der Waals surface area contributed by atoms with E-state index in [1.54, 1.807) is 0 Å². The summed E-state index contributed by atoms with van der Waals surface area (Å²) in [5.74, 6) is -0.147. The smallest absolute Gasteiger partial charge is 0.311 e. The molecule has 1 amide bonds. The molecule has 0 radical (unpaired) electrons. The van der Waals surface area contributed by atoms with Crippen molar-refractivity contribution in [2.75, 3.05) is 33.3 Å². The average molecular weight is 321 g/mol. The molecule has 1 aliphatic heterocycles. The normalized spacial score (nSPS) is 15.2. The van der Waals surface area contributed by atoms with Gasteiger partial charge in [0.2, 0.25) is 0 Å². The molecule has 0 atom stereocenters. The van der Waals surface area contributed by atoms with Crippen molar-refractivity contribution < 1.29 is 14.5 Å². The number of carbonyl (C=O) groups excluding carboxylic acids is 1.